The third kappa shape index (κ3) is 4.25. The molecule has 3 rings (SSSR count). The fraction of sp³-hybridized carbons (Fsp3) is 0.526. The molecule has 25 heavy (non-hydrogen) atoms. The quantitative estimate of drug-likeness (QED) is 0.877. The SMILES string of the molecule is CC(=O)NCc1cccc([C@@H]2CCCN2Cc2nccn2C(C)C)n1. The lowest BCUT2D eigenvalue weighted by Gasteiger charge is -2.25. The molecule has 2 aromatic rings. The molecule has 2 aromatic heterocycles. The number of imidazole rings is 1. The van der Waals surface area contributed by atoms with E-state index in [4.69, 9.17) is 4.98 Å². The van der Waals surface area contributed by atoms with Gasteiger partial charge in [0.2, 0.25) is 5.91 Å². The summed E-state index contributed by atoms with van der Waals surface area (Å²) in [5.41, 5.74) is 1.99. The van der Waals surface area contributed by atoms with Crippen molar-refractivity contribution < 1.29 is 4.79 Å². The molecule has 1 aliphatic rings. The number of nitrogens with zero attached hydrogens (tertiary/aromatic N) is 4. The van der Waals surface area contributed by atoms with Gasteiger partial charge in [0.1, 0.15) is 5.82 Å². The predicted octanol–water partition coefficient (Wildman–Crippen LogP) is 2.83. The summed E-state index contributed by atoms with van der Waals surface area (Å²) >= 11 is 0. The first-order valence-corrected chi connectivity index (χ1v) is 9.00. The maximum absolute atomic E-state index is 11.1. The molecule has 1 saturated heterocycles. The van der Waals surface area contributed by atoms with Crippen molar-refractivity contribution >= 4 is 5.91 Å². The summed E-state index contributed by atoms with van der Waals surface area (Å²) < 4.78 is 2.23. The summed E-state index contributed by atoms with van der Waals surface area (Å²) in [5, 5.41) is 2.82. The van der Waals surface area contributed by atoms with E-state index in [1.165, 1.54) is 13.3 Å². The molecule has 1 fully saturated rings. The predicted molar refractivity (Wildman–Crippen MR) is 96.8 cm³/mol. The Hall–Kier alpha value is -2.21. The molecule has 6 nitrogen and oxygen atoms in total. The van der Waals surface area contributed by atoms with Crippen molar-refractivity contribution in [2.45, 2.75) is 58.8 Å². The highest BCUT2D eigenvalue weighted by Gasteiger charge is 2.28. The maximum atomic E-state index is 11.1. The molecule has 3 heterocycles. The van der Waals surface area contributed by atoms with Crippen LogP contribution in [0.1, 0.15) is 62.9 Å². The van der Waals surface area contributed by atoms with Crippen LogP contribution >= 0.6 is 0 Å². The summed E-state index contributed by atoms with van der Waals surface area (Å²) in [6, 6.07) is 6.82. The molecule has 1 amide bonds. The van der Waals surface area contributed by atoms with Crippen molar-refractivity contribution in [3.05, 3.63) is 47.8 Å². The third-order valence-electron chi connectivity index (χ3n) is 4.70. The molecule has 0 saturated carbocycles. The number of pyridine rings is 1. The van der Waals surface area contributed by atoms with Crippen molar-refractivity contribution in [3.8, 4) is 0 Å². The first kappa shape index (κ1) is 17.6. The van der Waals surface area contributed by atoms with Gasteiger partial charge in [-0.2, -0.15) is 0 Å². The number of amides is 1. The molecule has 134 valence electrons. The van der Waals surface area contributed by atoms with Gasteiger partial charge in [-0.25, -0.2) is 4.98 Å². The monoisotopic (exact) mass is 341 g/mol. The Kier molecular flexibility index (Phi) is 5.48. The second kappa shape index (κ2) is 7.78. The van der Waals surface area contributed by atoms with Gasteiger partial charge in [0, 0.05) is 25.4 Å². The first-order chi connectivity index (χ1) is 12.0. The Morgan fingerprint density at radius 3 is 3.00 bits per heavy atom. The highest BCUT2D eigenvalue weighted by molar-refractivity contribution is 5.72. The molecule has 0 aliphatic carbocycles. The van der Waals surface area contributed by atoms with Crippen molar-refractivity contribution in [2.75, 3.05) is 6.54 Å². The van der Waals surface area contributed by atoms with Gasteiger partial charge in [0.05, 0.1) is 30.5 Å². The number of aromatic nitrogens is 3. The molecule has 1 atom stereocenters. The van der Waals surface area contributed by atoms with Crippen LogP contribution in [-0.2, 0) is 17.9 Å². The van der Waals surface area contributed by atoms with Crippen LogP contribution in [0.4, 0.5) is 0 Å². The molecular weight excluding hydrogens is 314 g/mol. The van der Waals surface area contributed by atoms with Gasteiger partial charge in [-0.1, -0.05) is 6.07 Å². The Morgan fingerprint density at radius 2 is 2.24 bits per heavy atom. The maximum Gasteiger partial charge on any atom is 0.217 e. The average molecular weight is 341 g/mol. The van der Waals surface area contributed by atoms with Crippen LogP contribution in [0.25, 0.3) is 0 Å². The van der Waals surface area contributed by atoms with Crippen LogP contribution in [0.2, 0.25) is 0 Å². The lowest BCUT2D eigenvalue weighted by atomic mass is 10.1. The zero-order valence-electron chi connectivity index (χ0n) is 15.3. The minimum Gasteiger partial charge on any atom is -0.351 e. The standard InChI is InChI=1S/C19H27N5O/c1-14(2)24-11-9-20-19(24)13-23-10-5-8-18(23)17-7-4-6-16(22-17)12-21-15(3)25/h4,6-7,9,11,14,18H,5,8,10,12-13H2,1-3H3,(H,21,25)/t18-/m0/s1. The number of carbonyl (C=O) groups excluding carboxylic acids is 1. The molecule has 0 bridgehead atoms. The van der Waals surface area contributed by atoms with Gasteiger partial charge in [-0.15, -0.1) is 0 Å². The number of carbonyl (C=O) groups is 1. The minimum atomic E-state index is -0.0322. The molecule has 1 aliphatic heterocycles. The van der Waals surface area contributed by atoms with Crippen LogP contribution in [0.3, 0.4) is 0 Å². The van der Waals surface area contributed by atoms with E-state index in [1.54, 1.807) is 0 Å². The summed E-state index contributed by atoms with van der Waals surface area (Å²) in [6.45, 7) is 8.27. The molecule has 0 spiro atoms. The fourth-order valence-electron chi connectivity index (χ4n) is 3.47. The highest BCUT2D eigenvalue weighted by atomic mass is 16.1. The van der Waals surface area contributed by atoms with E-state index in [0.717, 1.165) is 36.7 Å². The summed E-state index contributed by atoms with van der Waals surface area (Å²) in [7, 11) is 0. The van der Waals surface area contributed by atoms with Crippen LogP contribution in [-0.4, -0.2) is 31.9 Å². The third-order valence-corrected chi connectivity index (χ3v) is 4.70. The van der Waals surface area contributed by atoms with Crippen LogP contribution in [0, 0.1) is 0 Å². The molecule has 1 N–H and O–H groups in total. The number of likely N-dealkylation sites (tertiary alicyclic amines) is 1. The van der Waals surface area contributed by atoms with E-state index in [9.17, 15) is 4.79 Å². The minimum absolute atomic E-state index is 0.0322. The van der Waals surface area contributed by atoms with Crippen molar-refractivity contribution in [3.63, 3.8) is 0 Å². The molecule has 0 radical (unpaired) electrons. The Bertz CT molecular complexity index is 724. The number of hydrogen-bond acceptors (Lipinski definition) is 4. The van der Waals surface area contributed by atoms with Gasteiger partial charge >= 0.3 is 0 Å². The normalized spacial score (nSPS) is 18.0. The first-order valence-electron chi connectivity index (χ1n) is 9.00. The summed E-state index contributed by atoms with van der Waals surface area (Å²) in [4.78, 5) is 22.9. The average Bonchev–Trinajstić information content (AvgIpc) is 3.23. The zero-order chi connectivity index (χ0) is 17.8. The Balaban J connectivity index is 1.74. The lowest BCUT2D eigenvalue weighted by molar-refractivity contribution is -0.119. The van der Waals surface area contributed by atoms with Gasteiger partial charge in [0.15, 0.2) is 0 Å². The van der Waals surface area contributed by atoms with E-state index in [1.807, 2.05) is 18.3 Å². The number of nitrogens with one attached hydrogen (secondary N) is 1. The number of hydrogen-bond donors (Lipinski definition) is 1. The second-order valence-electron chi connectivity index (χ2n) is 6.94. The molecule has 6 heteroatoms. The van der Waals surface area contributed by atoms with Gasteiger partial charge in [0.25, 0.3) is 0 Å². The summed E-state index contributed by atoms with van der Waals surface area (Å²) in [6.07, 6.45) is 6.22. The van der Waals surface area contributed by atoms with Crippen molar-refractivity contribution in [2.24, 2.45) is 0 Å². The van der Waals surface area contributed by atoms with E-state index in [0.29, 0.717) is 18.6 Å². The Labute approximate surface area is 149 Å². The lowest BCUT2D eigenvalue weighted by Crippen LogP contribution is -2.26. The number of rotatable bonds is 6. The van der Waals surface area contributed by atoms with Crippen LogP contribution < -0.4 is 5.32 Å². The van der Waals surface area contributed by atoms with Gasteiger partial charge in [-0.05, 0) is 45.4 Å². The molecular formula is C19H27N5O. The highest BCUT2D eigenvalue weighted by Crippen LogP contribution is 2.32. The second-order valence-corrected chi connectivity index (χ2v) is 6.94. The fourth-order valence-corrected chi connectivity index (χ4v) is 3.47. The van der Waals surface area contributed by atoms with E-state index >= 15 is 0 Å². The largest absolute Gasteiger partial charge is 0.351 e. The smallest absolute Gasteiger partial charge is 0.217 e. The zero-order valence-corrected chi connectivity index (χ0v) is 15.3. The summed E-state index contributed by atoms with van der Waals surface area (Å²) in [5.74, 6) is 1.08. The van der Waals surface area contributed by atoms with Crippen LogP contribution in [0.5, 0.6) is 0 Å². The topological polar surface area (TPSA) is 63.1 Å². The van der Waals surface area contributed by atoms with Crippen molar-refractivity contribution in [1.29, 1.82) is 0 Å². The van der Waals surface area contributed by atoms with Gasteiger partial charge < -0.3 is 9.88 Å². The van der Waals surface area contributed by atoms with E-state index in [2.05, 4.69) is 45.9 Å². The van der Waals surface area contributed by atoms with Crippen LogP contribution in [0.15, 0.2) is 30.6 Å². The van der Waals surface area contributed by atoms with Crippen molar-refractivity contribution in [1.82, 2.24) is 24.8 Å². The molecule has 0 aromatic carbocycles. The van der Waals surface area contributed by atoms with Gasteiger partial charge in [-0.3, -0.25) is 14.7 Å². The molecule has 0 unspecified atom stereocenters. The van der Waals surface area contributed by atoms with E-state index < -0.39 is 0 Å². The Morgan fingerprint density at radius 1 is 1.40 bits per heavy atom. The van der Waals surface area contributed by atoms with E-state index in [-0.39, 0.29) is 5.91 Å².